The number of rotatable bonds is 6. The Labute approximate surface area is 112 Å². The molecule has 17 heavy (non-hydrogen) atoms. The van der Waals surface area contributed by atoms with Gasteiger partial charge in [0.25, 0.3) is 0 Å². The smallest absolute Gasteiger partial charge is 0.208 e. The normalized spacial score (nSPS) is 13.6. The lowest BCUT2D eigenvalue weighted by molar-refractivity contribution is 0.512. The SMILES string of the molecule is CCCC(CC)NS(=O)(=O)c1cccc(Br)c1. The zero-order valence-electron chi connectivity index (χ0n) is 10.1. The molecule has 5 heteroatoms. The van der Waals surface area contributed by atoms with Crippen molar-refractivity contribution >= 4 is 26.0 Å². The number of halogens is 1. The third kappa shape index (κ3) is 4.41. The average molecular weight is 320 g/mol. The largest absolute Gasteiger partial charge is 0.240 e. The molecule has 0 amide bonds. The van der Waals surface area contributed by atoms with Crippen molar-refractivity contribution in [2.45, 2.75) is 44.0 Å². The van der Waals surface area contributed by atoms with Gasteiger partial charge in [-0.25, -0.2) is 13.1 Å². The van der Waals surface area contributed by atoms with Crippen molar-refractivity contribution in [1.29, 1.82) is 0 Å². The predicted molar refractivity (Wildman–Crippen MR) is 73.5 cm³/mol. The molecular weight excluding hydrogens is 302 g/mol. The topological polar surface area (TPSA) is 46.2 Å². The molecule has 0 spiro atoms. The van der Waals surface area contributed by atoms with Crippen LogP contribution >= 0.6 is 15.9 Å². The van der Waals surface area contributed by atoms with Gasteiger partial charge in [-0.1, -0.05) is 42.3 Å². The van der Waals surface area contributed by atoms with E-state index < -0.39 is 10.0 Å². The molecule has 3 nitrogen and oxygen atoms in total. The summed E-state index contributed by atoms with van der Waals surface area (Å²) in [6, 6.07) is 6.76. The fraction of sp³-hybridized carbons (Fsp3) is 0.500. The van der Waals surface area contributed by atoms with Gasteiger partial charge in [-0.05, 0) is 31.0 Å². The molecule has 0 radical (unpaired) electrons. The van der Waals surface area contributed by atoms with Crippen molar-refractivity contribution in [2.75, 3.05) is 0 Å². The molecule has 1 atom stereocenters. The summed E-state index contributed by atoms with van der Waals surface area (Å²) in [5.41, 5.74) is 0. The van der Waals surface area contributed by atoms with Gasteiger partial charge in [-0.2, -0.15) is 0 Å². The van der Waals surface area contributed by atoms with E-state index in [0.29, 0.717) is 4.90 Å². The molecular formula is C12H18BrNO2S. The van der Waals surface area contributed by atoms with Crippen molar-refractivity contribution in [2.24, 2.45) is 0 Å². The Morgan fingerprint density at radius 2 is 2.06 bits per heavy atom. The van der Waals surface area contributed by atoms with E-state index in [-0.39, 0.29) is 6.04 Å². The van der Waals surface area contributed by atoms with Gasteiger partial charge in [0.15, 0.2) is 0 Å². The molecule has 1 aromatic carbocycles. The third-order valence-corrected chi connectivity index (χ3v) is 4.57. The Hall–Kier alpha value is -0.390. The van der Waals surface area contributed by atoms with E-state index >= 15 is 0 Å². The fourth-order valence-corrected chi connectivity index (χ4v) is 3.57. The van der Waals surface area contributed by atoms with Crippen LogP contribution in [0, 0.1) is 0 Å². The van der Waals surface area contributed by atoms with Gasteiger partial charge in [0.05, 0.1) is 4.90 Å². The molecule has 0 fully saturated rings. The zero-order valence-corrected chi connectivity index (χ0v) is 12.5. The summed E-state index contributed by atoms with van der Waals surface area (Å²) < 4.78 is 27.7. The summed E-state index contributed by atoms with van der Waals surface area (Å²) in [4.78, 5) is 0.307. The Morgan fingerprint density at radius 3 is 2.59 bits per heavy atom. The van der Waals surface area contributed by atoms with Gasteiger partial charge < -0.3 is 0 Å². The van der Waals surface area contributed by atoms with E-state index in [1.165, 1.54) is 0 Å². The standard InChI is InChI=1S/C12H18BrNO2S/c1-3-6-11(4-2)14-17(15,16)12-8-5-7-10(13)9-12/h5,7-9,11,14H,3-4,6H2,1-2H3. The highest BCUT2D eigenvalue weighted by atomic mass is 79.9. The first-order chi connectivity index (χ1) is 7.99. The lowest BCUT2D eigenvalue weighted by Crippen LogP contribution is -2.34. The molecule has 0 saturated carbocycles. The summed E-state index contributed by atoms with van der Waals surface area (Å²) in [6.45, 7) is 4.04. The minimum Gasteiger partial charge on any atom is -0.208 e. The Balaban J connectivity index is 2.88. The average Bonchev–Trinajstić information content (AvgIpc) is 2.28. The van der Waals surface area contributed by atoms with Crippen LogP contribution in [0.2, 0.25) is 0 Å². The predicted octanol–water partition coefficient (Wildman–Crippen LogP) is 3.31. The Kier molecular flexibility index (Phi) is 5.62. The first kappa shape index (κ1) is 14.7. The quantitative estimate of drug-likeness (QED) is 0.874. The molecule has 1 unspecified atom stereocenters. The van der Waals surface area contributed by atoms with Gasteiger partial charge in [-0.15, -0.1) is 0 Å². The molecule has 0 aromatic heterocycles. The van der Waals surface area contributed by atoms with E-state index in [1.807, 2.05) is 13.0 Å². The summed E-state index contributed by atoms with van der Waals surface area (Å²) in [5, 5.41) is 0. The van der Waals surface area contributed by atoms with Crippen LogP contribution in [-0.4, -0.2) is 14.5 Å². The highest BCUT2D eigenvalue weighted by Crippen LogP contribution is 2.17. The van der Waals surface area contributed by atoms with E-state index in [1.54, 1.807) is 18.2 Å². The van der Waals surface area contributed by atoms with Gasteiger partial charge in [0.1, 0.15) is 0 Å². The molecule has 1 rings (SSSR count). The Morgan fingerprint density at radius 1 is 1.35 bits per heavy atom. The number of nitrogens with one attached hydrogen (secondary N) is 1. The highest BCUT2D eigenvalue weighted by molar-refractivity contribution is 9.10. The van der Waals surface area contributed by atoms with Gasteiger partial charge in [0, 0.05) is 10.5 Å². The molecule has 96 valence electrons. The van der Waals surface area contributed by atoms with Crippen molar-refractivity contribution in [1.82, 2.24) is 4.72 Å². The highest BCUT2D eigenvalue weighted by Gasteiger charge is 2.18. The van der Waals surface area contributed by atoms with E-state index in [9.17, 15) is 8.42 Å². The summed E-state index contributed by atoms with van der Waals surface area (Å²) in [7, 11) is -3.40. The van der Waals surface area contributed by atoms with E-state index in [2.05, 4.69) is 27.6 Å². The number of hydrogen-bond acceptors (Lipinski definition) is 2. The summed E-state index contributed by atoms with van der Waals surface area (Å²) >= 11 is 3.28. The second-order valence-electron chi connectivity index (χ2n) is 3.97. The van der Waals surface area contributed by atoms with Gasteiger partial charge >= 0.3 is 0 Å². The molecule has 0 aliphatic rings. The zero-order chi connectivity index (χ0) is 12.9. The van der Waals surface area contributed by atoms with Crippen molar-refractivity contribution in [3.63, 3.8) is 0 Å². The third-order valence-electron chi connectivity index (χ3n) is 2.56. The summed E-state index contributed by atoms with van der Waals surface area (Å²) in [5.74, 6) is 0. The van der Waals surface area contributed by atoms with Gasteiger partial charge in [0.2, 0.25) is 10.0 Å². The van der Waals surface area contributed by atoms with Crippen LogP contribution in [-0.2, 0) is 10.0 Å². The van der Waals surface area contributed by atoms with E-state index in [0.717, 1.165) is 23.7 Å². The first-order valence-electron chi connectivity index (χ1n) is 5.77. The van der Waals surface area contributed by atoms with Crippen LogP contribution in [0.15, 0.2) is 33.6 Å². The van der Waals surface area contributed by atoms with Crippen LogP contribution in [0.5, 0.6) is 0 Å². The maximum absolute atomic E-state index is 12.1. The molecule has 0 bridgehead atoms. The molecule has 0 aliphatic heterocycles. The van der Waals surface area contributed by atoms with Crippen molar-refractivity contribution in [3.05, 3.63) is 28.7 Å². The number of hydrogen-bond donors (Lipinski definition) is 1. The van der Waals surface area contributed by atoms with Crippen LogP contribution in [0.4, 0.5) is 0 Å². The molecule has 0 aliphatic carbocycles. The lowest BCUT2D eigenvalue weighted by Gasteiger charge is -2.16. The van der Waals surface area contributed by atoms with Crippen LogP contribution in [0.3, 0.4) is 0 Å². The molecule has 0 saturated heterocycles. The monoisotopic (exact) mass is 319 g/mol. The number of benzene rings is 1. The maximum atomic E-state index is 12.1. The van der Waals surface area contributed by atoms with Gasteiger partial charge in [-0.3, -0.25) is 0 Å². The number of sulfonamides is 1. The molecule has 1 N–H and O–H groups in total. The van der Waals surface area contributed by atoms with Crippen LogP contribution in [0.25, 0.3) is 0 Å². The lowest BCUT2D eigenvalue weighted by atomic mass is 10.1. The fourth-order valence-electron chi connectivity index (χ4n) is 1.62. The van der Waals surface area contributed by atoms with Crippen molar-refractivity contribution in [3.8, 4) is 0 Å². The molecule has 0 heterocycles. The molecule has 1 aromatic rings. The summed E-state index contributed by atoms with van der Waals surface area (Å²) in [6.07, 6.45) is 2.64. The Bertz CT molecular complexity index is 459. The van der Waals surface area contributed by atoms with E-state index in [4.69, 9.17) is 0 Å². The second kappa shape index (κ2) is 6.52. The van der Waals surface area contributed by atoms with Crippen LogP contribution < -0.4 is 4.72 Å². The van der Waals surface area contributed by atoms with Crippen molar-refractivity contribution < 1.29 is 8.42 Å². The first-order valence-corrected chi connectivity index (χ1v) is 8.05. The maximum Gasteiger partial charge on any atom is 0.240 e. The van der Waals surface area contributed by atoms with Crippen LogP contribution in [0.1, 0.15) is 33.1 Å². The minimum absolute atomic E-state index is 0.0176. The second-order valence-corrected chi connectivity index (χ2v) is 6.60. The minimum atomic E-state index is -3.40.